The van der Waals surface area contributed by atoms with E-state index in [1.807, 2.05) is 25.3 Å². The standard InChI is InChI=1S/C31H37F3N6/c1-8-25(32)29(24-16-26(33)30-27(17-24)40(19(3)4)22(7)38-30)37-21(6)36-28-11-10-23(18-35-28)20(5)31(34)12-14-39(9-2)15-13-31/h8,10-11,16-19H,5-6,9,12-15H2,1-4,7H3,(H,35,36)/b25-8+,37-29?. The van der Waals surface area contributed by atoms with Gasteiger partial charge in [0.05, 0.1) is 5.52 Å². The fraction of sp³-hybridized carbons (Fsp3) is 0.387. The number of aliphatic imine (C=N–C) groups is 1. The van der Waals surface area contributed by atoms with Gasteiger partial charge in [0.2, 0.25) is 0 Å². The first-order chi connectivity index (χ1) is 19.0. The summed E-state index contributed by atoms with van der Waals surface area (Å²) in [4.78, 5) is 15.3. The molecule has 0 aliphatic carbocycles. The molecular weight excluding hydrogens is 513 g/mol. The van der Waals surface area contributed by atoms with Gasteiger partial charge in [-0.1, -0.05) is 20.1 Å². The molecule has 3 aromatic rings. The van der Waals surface area contributed by atoms with E-state index >= 15 is 13.2 Å². The Morgan fingerprint density at radius 2 is 1.90 bits per heavy atom. The molecule has 0 amide bonds. The Morgan fingerprint density at radius 1 is 1.20 bits per heavy atom. The smallest absolute Gasteiger partial charge is 0.151 e. The minimum Gasteiger partial charge on any atom is -0.326 e. The highest BCUT2D eigenvalue weighted by atomic mass is 19.1. The zero-order valence-corrected chi connectivity index (χ0v) is 23.9. The maximum atomic E-state index is 15.6. The van der Waals surface area contributed by atoms with E-state index in [4.69, 9.17) is 0 Å². The number of nitrogens with zero attached hydrogens (tertiary/aromatic N) is 5. The van der Waals surface area contributed by atoms with Gasteiger partial charge < -0.3 is 14.8 Å². The number of allylic oxidation sites excluding steroid dienone is 3. The minimum absolute atomic E-state index is 0.0322. The van der Waals surface area contributed by atoms with Gasteiger partial charge in [-0.05, 0) is 88.6 Å². The van der Waals surface area contributed by atoms with Crippen molar-refractivity contribution in [1.29, 1.82) is 0 Å². The third-order valence-corrected chi connectivity index (χ3v) is 7.46. The molecule has 1 aromatic carbocycles. The van der Waals surface area contributed by atoms with Crippen LogP contribution in [0.1, 0.15) is 63.5 Å². The molecule has 0 saturated carbocycles. The number of hydrogen-bond acceptors (Lipinski definition) is 5. The van der Waals surface area contributed by atoms with Gasteiger partial charge in [0.25, 0.3) is 0 Å². The van der Waals surface area contributed by atoms with E-state index in [0.717, 1.165) is 6.54 Å². The van der Waals surface area contributed by atoms with Crippen LogP contribution >= 0.6 is 0 Å². The zero-order chi connectivity index (χ0) is 29.2. The summed E-state index contributed by atoms with van der Waals surface area (Å²) in [5.74, 6) is -0.0208. The van der Waals surface area contributed by atoms with Crippen LogP contribution in [0.25, 0.3) is 16.6 Å². The van der Waals surface area contributed by atoms with E-state index < -0.39 is 17.3 Å². The average Bonchev–Trinajstić information content (AvgIpc) is 3.28. The lowest BCUT2D eigenvalue weighted by Crippen LogP contribution is -2.42. The van der Waals surface area contributed by atoms with Crippen LogP contribution in [0.2, 0.25) is 0 Å². The molecule has 0 bridgehead atoms. The monoisotopic (exact) mass is 550 g/mol. The number of rotatable bonds is 9. The van der Waals surface area contributed by atoms with Crippen molar-refractivity contribution in [2.45, 2.75) is 59.2 Å². The van der Waals surface area contributed by atoms with E-state index in [2.05, 4.69) is 45.3 Å². The van der Waals surface area contributed by atoms with Crippen molar-refractivity contribution < 1.29 is 13.2 Å². The van der Waals surface area contributed by atoms with Crippen LogP contribution < -0.4 is 5.32 Å². The molecule has 1 N–H and O–H groups in total. The van der Waals surface area contributed by atoms with E-state index in [0.29, 0.717) is 54.2 Å². The number of imidazole rings is 1. The molecule has 0 unspecified atom stereocenters. The molecule has 2 aromatic heterocycles. The summed E-state index contributed by atoms with van der Waals surface area (Å²) >= 11 is 0. The fourth-order valence-corrected chi connectivity index (χ4v) is 5.19. The van der Waals surface area contributed by atoms with E-state index in [1.54, 1.807) is 24.4 Å². The Bertz CT molecular complexity index is 1470. The Labute approximate surface area is 234 Å². The lowest BCUT2D eigenvalue weighted by molar-refractivity contribution is 0.109. The molecule has 0 atom stereocenters. The van der Waals surface area contributed by atoms with Gasteiger partial charge in [0, 0.05) is 30.9 Å². The van der Waals surface area contributed by atoms with Crippen molar-refractivity contribution in [2.24, 2.45) is 4.99 Å². The van der Waals surface area contributed by atoms with Gasteiger partial charge >= 0.3 is 0 Å². The number of aryl methyl sites for hydroxylation is 1. The Balaban J connectivity index is 1.57. The summed E-state index contributed by atoms with van der Waals surface area (Å²) in [6.07, 6.45) is 3.61. The topological polar surface area (TPSA) is 58.3 Å². The van der Waals surface area contributed by atoms with E-state index in [1.165, 1.54) is 19.1 Å². The first-order valence-electron chi connectivity index (χ1n) is 13.6. The predicted octanol–water partition coefficient (Wildman–Crippen LogP) is 7.54. The number of aromatic nitrogens is 3. The third-order valence-electron chi connectivity index (χ3n) is 7.46. The van der Waals surface area contributed by atoms with Crippen molar-refractivity contribution in [3.8, 4) is 0 Å². The van der Waals surface area contributed by atoms with Gasteiger partial charge in [0.1, 0.15) is 40.2 Å². The highest BCUT2D eigenvalue weighted by molar-refractivity contribution is 6.13. The summed E-state index contributed by atoms with van der Waals surface area (Å²) in [5.41, 5.74) is 0.545. The Hall–Kier alpha value is -3.72. The molecule has 1 fully saturated rings. The Morgan fingerprint density at radius 3 is 2.48 bits per heavy atom. The van der Waals surface area contributed by atoms with Gasteiger partial charge in [-0.3, -0.25) is 0 Å². The quantitative estimate of drug-likeness (QED) is 0.280. The van der Waals surface area contributed by atoms with Crippen LogP contribution in [0, 0.1) is 12.7 Å². The first-order valence-corrected chi connectivity index (χ1v) is 13.6. The second kappa shape index (κ2) is 11.8. The molecule has 6 nitrogen and oxygen atoms in total. The number of piperidine rings is 1. The molecular formula is C31H37F3N6. The van der Waals surface area contributed by atoms with Crippen molar-refractivity contribution in [1.82, 2.24) is 19.4 Å². The van der Waals surface area contributed by atoms with Gasteiger partial charge in [-0.2, -0.15) is 0 Å². The maximum absolute atomic E-state index is 15.6. The normalized spacial score (nSPS) is 16.5. The summed E-state index contributed by atoms with van der Waals surface area (Å²) in [5, 5.41) is 2.95. The van der Waals surface area contributed by atoms with Crippen molar-refractivity contribution in [2.75, 3.05) is 25.0 Å². The molecule has 1 aliphatic rings. The first kappa shape index (κ1) is 29.3. The van der Waals surface area contributed by atoms with Gasteiger partial charge in [0.15, 0.2) is 5.82 Å². The average molecular weight is 551 g/mol. The zero-order valence-electron chi connectivity index (χ0n) is 23.9. The van der Waals surface area contributed by atoms with Crippen molar-refractivity contribution >= 4 is 28.1 Å². The van der Waals surface area contributed by atoms with E-state index in [-0.39, 0.29) is 28.7 Å². The van der Waals surface area contributed by atoms with Crippen molar-refractivity contribution in [3.63, 3.8) is 0 Å². The highest BCUT2D eigenvalue weighted by Gasteiger charge is 2.37. The Kier molecular flexibility index (Phi) is 8.63. The number of pyridine rings is 1. The number of hydrogen-bond donors (Lipinski definition) is 1. The number of nitrogens with one attached hydrogen (secondary N) is 1. The molecule has 4 rings (SSSR count). The molecule has 1 aliphatic heterocycles. The molecule has 1 saturated heterocycles. The molecule has 9 heteroatoms. The SMILES string of the molecule is C=C(N=C(/C(F)=C\C)c1cc(F)c2nc(C)n(C(C)C)c2c1)Nc1ccc(C(=C)C2(F)CCN(CC)CC2)cn1. The molecule has 0 radical (unpaired) electrons. The number of anilines is 1. The lowest BCUT2D eigenvalue weighted by Gasteiger charge is -2.37. The largest absolute Gasteiger partial charge is 0.326 e. The maximum Gasteiger partial charge on any atom is 0.151 e. The summed E-state index contributed by atoms with van der Waals surface area (Å²) in [7, 11) is 0. The number of fused-ring (bicyclic) bond motifs is 1. The summed E-state index contributed by atoms with van der Waals surface area (Å²) in [6, 6.07) is 6.36. The highest BCUT2D eigenvalue weighted by Crippen LogP contribution is 2.38. The summed E-state index contributed by atoms with van der Waals surface area (Å²) in [6.45, 7) is 19.6. The number of alkyl halides is 1. The third kappa shape index (κ3) is 5.89. The van der Waals surface area contributed by atoms with Crippen LogP contribution in [0.4, 0.5) is 19.0 Å². The van der Waals surface area contributed by atoms with Crippen LogP contribution in [-0.2, 0) is 0 Å². The van der Waals surface area contributed by atoms with E-state index in [9.17, 15) is 0 Å². The number of halogens is 3. The van der Waals surface area contributed by atoms with Crippen LogP contribution in [-0.4, -0.2) is 50.4 Å². The molecule has 0 spiro atoms. The summed E-state index contributed by atoms with van der Waals surface area (Å²) < 4.78 is 47.6. The molecule has 212 valence electrons. The van der Waals surface area contributed by atoms with Crippen LogP contribution in [0.3, 0.4) is 0 Å². The fourth-order valence-electron chi connectivity index (χ4n) is 5.19. The number of likely N-dealkylation sites (tertiary alicyclic amines) is 1. The van der Waals surface area contributed by atoms with Crippen molar-refractivity contribution in [3.05, 3.63) is 84.1 Å². The second-order valence-electron chi connectivity index (χ2n) is 10.4. The van der Waals surface area contributed by atoms with Crippen LogP contribution in [0.5, 0.6) is 0 Å². The lowest BCUT2D eigenvalue weighted by atomic mass is 9.83. The number of benzene rings is 1. The van der Waals surface area contributed by atoms with Gasteiger partial charge in [-0.25, -0.2) is 28.1 Å². The molecule has 3 heterocycles. The second-order valence-corrected chi connectivity index (χ2v) is 10.4. The minimum atomic E-state index is -1.46. The predicted molar refractivity (Wildman–Crippen MR) is 157 cm³/mol. The van der Waals surface area contributed by atoms with Gasteiger partial charge in [-0.15, -0.1) is 0 Å². The molecule has 40 heavy (non-hydrogen) atoms. The van der Waals surface area contributed by atoms with Crippen LogP contribution in [0.15, 0.2) is 66.3 Å².